The predicted octanol–water partition coefficient (Wildman–Crippen LogP) is 3.26. The number of fused-ring (bicyclic) bond motifs is 1. The molecule has 3 rings (SSSR count). The van der Waals surface area contributed by atoms with Crippen molar-refractivity contribution in [3.8, 4) is 0 Å². The van der Waals surface area contributed by atoms with E-state index in [2.05, 4.69) is 80.5 Å². The zero-order valence-electron chi connectivity index (χ0n) is 13.1. The summed E-state index contributed by atoms with van der Waals surface area (Å²) in [5, 5.41) is 2.25. The molecule has 1 aliphatic heterocycles. The Morgan fingerprint density at radius 1 is 1.05 bits per heavy atom. The molecule has 106 valence electrons. The zero-order chi connectivity index (χ0) is 14.7. The molecule has 0 saturated heterocycles. The molecular formula is C16H22N4. The van der Waals surface area contributed by atoms with Gasteiger partial charge in [-0.25, -0.2) is 9.66 Å². The summed E-state index contributed by atoms with van der Waals surface area (Å²) in [6.07, 6.45) is 0. The third kappa shape index (κ3) is 1.51. The number of hydrogen-bond acceptors (Lipinski definition) is 3. The molecule has 1 aliphatic rings. The monoisotopic (exact) mass is 270 g/mol. The van der Waals surface area contributed by atoms with Gasteiger partial charge in [-0.15, -0.1) is 0 Å². The number of para-hydroxylation sites is 1. The molecule has 2 aromatic rings. The fourth-order valence-corrected chi connectivity index (χ4v) is 2.94. The van der Waals surface area contributed by atoms with Crippen LogP contribution in [0.5, 0.6) is 0 Å². The van der Waals surface area contributed by atoms with Gasteiger partial charge in [-0.1, -0.05) is 18.2 Å². The van der Waals surface area contributed by atoms with Gasteiger partial charge in [0.05, 0.1) is 11.4 Å². The SMILES string of the molecule is Cc1ccccc1N1c2nc(C)c(C)n2N(C)C1(C)C. The highest BCUT2D eigenvalue weighted by Crippen LogP contribution is 2.41. The Balaban J connectivity index is 2.26. The quantitative estimate of drug-likeness (QED) is 0.795. The topological polar surface area (TPSA) is 24.3 Å². The molecule has 0 fully saturated rings. The Kier molecular flexibility index (Phi) is 2.61. The van der Waals surface area contributed by atoms with Crippen molar-refractivity contribution >= 4 is 11.6 Å². The standard InChI is InChI=1S/C16H22N4/c1-11-9-7-8-10-14(11)19-15-17-12(2)13(3)20(15)18(6)16(19,4)5/h7-10H,1-6H3. The van der Waals surface area contributed by atoms with E-state index in [-0.39, 0.29) is 5.66 Å². The Morgan fingerprint density at radius 3 is 2.35 bits per heavy atom. The first-order valence-corrected chi connectivity index (χ1v) is 7.01. The number of anilines is 2. The number of imidazole rings is 1. The van der Waals surface area contributed by atoms with Crippen LogP contribution >= 0.6 is 0 Å². The van der Waals surface area contributed by atoms with Crippen LogP contribution in [0.25, 0.3) is 0 Å². The van der Waals surface area contributed by atoms with Crippen LogP contribution in [0.2, 0.25) is 0 Å². The highest BCUT2D eigenvalue weighted by Gasteiger charge is 2.44. The van der Waals surface area contributed by atoms with Gasteiger partial charge < -0.3 is 0 Å². The van der Waals surface area contributed by atoms with Crippen LogP contribution in [-0.2, 0) is 0 Å². The van der Waals surface area contributed by atoms with E-state index in [1.807, 2.05) is 0 Å². The van der Waals surface area contributed by atoms with Crippen molar-refractivity contribution in [1.29, 1.82) is 0 Å². The maximum absolute atomic E-state index is 4.78. The largest absolute Gasteiger partial charge is 0.288 e. The van der Waals surface area contributed by atoms with Gasteiger partial charge >= 0.3 is 0 Å². The first-order chi connectivity index (χ1) is 9.35. The van der Waals surface area contributed by atoms with Gasteiger partial charge in [0.1, 0.15) is 5.66 Å². The summed E-state index contributed by atoms with van der Waals surface area (Å²) >= 11 is 0. The van der Waals surface area contributed by atoms with Gasteiger partial charge in [-0.3, -0.25) is 9.91 Å². The fourth-order valence-electron chi connectivity index (χ4n) is 2.94. The van der Waals surface area contributed by atoms with E-state index < -0.39 is 0 Å². The molecule has 2 heterocycles. The number of hydrogen-bond donors (Lipinski definition) is 0. The lowest BCUT2D eigenvalue weighted by atomic mass is 10.1. The van der Waals surface area contributed by atoms with Crippen LogP contribution in [0, 0.1) is 20.8 Å². The molecule has 0 spiro atoms. The molecule has 4 nitrogen and oxygen atoms in total. The van der Waals surface area contributed by atoms with Crippen LogP contribution in [0.3, 0.4) is 0 Å². The molecular weight excluding hydrogens is 248 g/mol. The first kappa shape index (κ1) is 13.0. The number of rotatable bonds is 1. The van der Waals surface area contributed by atoms with E-state index in [4.69, 9.17) is 4.98 Å². The molecule has 20 heavy (non-hydrogen) atoms. The molecule has 0 aliphatic carbocycles. The molecule has 0 unspecified atom stereocenters. The molecule has 1 aromatic carbocycles. The summed E-state index contributed by atoms with van der Waals surface area (Å²) in [5.74, 6) is 1.00. The summed E-state index contributed by atoms with van der Waals surface area (Å²) in [5.41, 5.74) is 4.62. The van der Waals surface area contributed by atoms with Gasteiger partial charge in [-0.05, 0) is 46.2 Å². The minimum atomic E-state index is -0.146. The van der Waals surface area contributed by atoms with Crippen LogP contribution < -0.4 is 9.91 Å². The van der Waals surface area contributed by atoms with Gasteiger partial charge in [0.15, 0.2) is 0 Å². The molecule has 0 radical (unpaired) electrons. The van der Waals surface area contributed by atoms with Crippen LogP contribution in [0.4, 0.5) is 11.6 Å². The highest BCUT2D eigenvalue weighted by molar-refractivity contribution is 5.68. The molecule has 0 saturated carbocycles. The predicted molar refractivity (Wildman–Crippen MR) is 83.2 cm³/mol. The van der Waals surface area contributed by atoms with Gasteiger partial charge in [0, 0.05) is 12.7 Å². The van der Waals surface area contributed by atoms with Crippen molar-refractivity contribution in [1.82, 2.24) is 9.66 Å². The molecule has 0 amide bonds. The molecule has 0 bridgehead atoms. The van der Waals surface area contributed by atoms with E-state index in [1.54, 1.807) is 0 Å². The van der Waals surface area contributed by atoms with E-state index in [0.717, 1.165) is 11.6 Å². The highest BCUT2D eigenvalue weighted by atomic mass is 15.7. The van der Waals surface area contributed by atoms with Crippen molar-refractivity contribution in [2.75, 3.05) is 17.0 Å². The van der Waals surface area contributed by atoms with Crippen molar-refractivity contribution < 1.29 is 0 Å². The summed E-state index contributed by atoms with van der Waals surface area (Å²) in [4.78, 5) is 7.10. The summed E-state index contributed by atoms with van der Waals surface area (Å²) in [6, 6.07) is 8.48. The number of aromatic nitrogens is 2. The molecule has 0 atom stereocenters. The number of benzene rings is 1. The Bertz CT molecular complexity index is 669. The lowest BCUT2D eigenvalue weighted by Gasteiger charge is -2.38. The fraction of sp³-hybridized carbons (Fsp3) is 0.438. The van der Waals surface area contributed by atoms with Gasteiger partial charge in [-0.2, -0.15) is 0 Å². The van der Waals surface area contributed by atoms with Crippen molar-refractivity contribution in [2.24, 2.45) is 0 Å². The summed E-state index contributed by atoms with van der Waals surface area (Å²) in [7, 11) is 2.12. The van der Waals surface area contributed by atoms with Crippen LogP contribution in [-0.4, -0.2) is 22.4 Å². The number of nitrogens with zero attached hydrogens (tertiary/aromatic N) is 4. The van der Waals surface area contributed by atoms with E-state index in [0.29, 0.717) is 0 Å². The summed E-state index contributed by atoms with van der Waals surface area (Å²) in [6.45, 7) is 10.8. The van der Waals surface area contributed by atoms with E-state index >= 15 is 0 Å². The third-order valence-corrected chi connectivity index (χ3v) is 4.49. The molecule has 0 N–H and O–H groups in total. The second-order valence-electron chi connectivity index (χ2n) is 6.03. The zero-order valence-corrected chi connectivity index (χ0v) is 13.1. The molecule has 4 heteroatoms. The minimum absolute atomic E-state index is 0.146. The van der Waals surface area contributed by atoms with E-state index in [1.165, 1.54) is 16.9 Å². The minimum Gasteiger partial charge on any atom is -0.288 e. The average molecular weight is 270 g/mol. The smallest absolute Gasteiger partial charge is 0.231 e. The van der Waals surface area contributed by atoms with Crippen LogP contribution in [0.1, 0.15) is 30.8 Å². The first-order valence-electron chi connectivity index (χ1n) is 7.01. The Labute approximate surface area is 120 Å². The maximum Gasteiger partial charge on any atom is 0.231 e. The molecule has 1 aromatic heterocycles. The van der Waals surface area contributed by atoms with Gasteiger partial charge in [0.2, 0.25) is 5.95 Å². The van der Waals surface area contributed by atoms with Gasteiger partial charge in [0.25, 0.3) is 0 Å². The van der Waals surface area contributed by atoms with E-state index in [9.17, 15) is 0 Å². The average Bonchev–Trinajstić information content (AvgIpc) is 2.76. The lowest BCUT2D eigenvalue weighted by molar-refractivity contribution is 0.456. The normalized spacial score (nSPS) is 16.7. The van der Waals surface area contributed by atoms with Crippen molar-refractivity contribution in [3.63, 3.8) is 0 Å². The second-order valence-corrected chi connectivity index (χ2v) is 6.03. The Morgan fingerprint density at radius 2 is 1.70 bits per heavy atom. The summed E-state index contributed by atoms with van der Waals surface area (Å²) < 4.78 is 2.21. The number of aryl methyl sites for hydroxylation is 2. The van der Waals surface area contributed by atoms with Crippen molar-refractivity contribution in [3.05, 3.63) is 41.2 Å². The van der Waals surface area contributed by atoms with Crippen LogP contribution in [0.15, 0.2) is 24.3 Å². The Hall–Kier alpha value is -1.97. The third-order valence-electron chi connectivity index (χ3n) is 4.49. The van der Waals surface area contributed by atoms with Crippen molar-refractivity contribution in [2.45, 2.75) is 40.3 Å². The maximum atomic E-state index is 4.78. The lowest BCUT2D eigenvalue weighted by Crippen LogP contribution is -2.51. The second kappa shape index (κ2) is 4.01.